The molecule has 2 atom stereocenters. The van der Waals surface area contributed by atoms with Crippen LogP contribution < -0.4 is 5.32 Å². The van der Waals surface area contributed by atoms with Crippen molar-refractivity contribution in [3.8, 4) is 0 Å². The van der Waals surface area contributed by atoms with Crippen molar-refractivity contribution in [1.29, 1.82) is 0 Å². The Labute approximate surface area is 96.0 Å². The van der Waals surface area contributed by atoms with Crippen molar-refractivity contribution in [2.24, 2.45) is 0 Å². The van der Waals surface area contributed by atoms with Crippen LogP contribution in [0.3, 0.4) is 0 Å². The molecule has 1 aliphatic rings. The number of hydrogen-bond donors (Lipinski definition) is 2. The van der Waals surface area contributed by atoms with Crippen LogP contribution in [0.2, 0.25) is 0 Å². The number of aliphatic hydroxyl groups is 1. The fourth-order valence-corrected chi connectivity index (χ4v) is 3.00. The second kappa shape index (κ2) is 7.12. The molecule has 0 saturated heterocycles. The molecule has 0 spiro atoms. The summed E-state index contributed by atoms with van der Waals surface area (Å²) in [7, 11) is 0. The van der Waals surface area contributed by atoms with Gasteiger partial charge < -0.3 is 10.4 Å². The molecule has 2 N–H and O–H groups in total. The lowest BCUT2D eigenvalue weighted by Gasteiger charge is -2.30. The van der Waals surface area contributed by atoms with E-state index in [1.54, 1.807) is 0 Å². The molecule has 4 heteroatoms. The predicted octanol–water partition coefficient (Wildman–Crippen LogP) is 1.55. The number of nitrogens with one attached hydrogen (secondary N) is 1. The topological polar surface area (TPSA) is 49.3 Å². The van der Waals surface area contributed by atoms with Crippen LogP contribution in [0.25, 0.3) is 0 Å². The molecule has 1 aliphatic carbocycles. The van der Waals surface area contributed by atoms with Gasteiger partial charge in [-0.15, -0.1) is 0 Å². The zero-order valence-electron chi connectivity index (χ0n) is 9.37. The number of amides is 1. The van der Waals surface area contributed by atoms with Gasteiger partial charge in [-0.25, -0.2) is 0 Å². The molecule has 1 rings (SSSR count). The molecule has 0 heterocycles. The molecule has 15 heavy (non-hydrogen) atoms. The molecular weight excluding hydrogens is 210 g/mol. The van der Waals surface area contributed by atoms with E-state index in [0.29, 0.717) is 24.1 Å². The van der Waals surface area contributed by atoms with Crippen LogP contribution in [0.4, 0.5) is 0 Å². The highest BCUT2D eigenvalue weighted by Crippen LogP contribution is 2.27. The molecule has 0 radical (unpaired) electrons. The zero-order valence-corrected chi connectivity index (χ0v) is 10.2. The van der Waals surface area contributed by atoms with Crippen LogP contribution in [0.5, 0.6) is 0 Å². The molecule has 88 valence electrons. The molecule has 0 aromatic rings. The first kappa shape index (κ1) is 12.8. The average molecular weight is 231 g/mol. The number of hydrogen-bond acceptors (Lipinski definition) is 3. The van der Waals surface area contributed by atoms with Crippen molar-refractivity contribution in [2.75, 3.05) is 12.9 Å². The molecule has 0 bridgehead atoms. The highest BCUT2D eigenvalue weighted by atomic mass is 32.2. The number of rotatable bonds is 5. The number of thioether (sulfide) groups is 1. The van der Waals surface area contributed by atoms with Crippen molar-refractivity contribution in [2.45, 2.75) is 49.8 Å². The summed E-state index contributed by atoms with van der Waals surface area (Å²) >= 11 is 1.86. The SMILES string of the molecule is CSC1CCCCC1NC(=O)CCCO. The van der Waals surface area contributed by atoms with E-state index < -0.39 is 0 Å². The molecule has 2 unspecified atom stereocenters. The molecule has 0 aromatic heterocycles. The van der Waals surface area contributed by atoms with E-state index in [9.17, 15) is 4.79 Å². The van der Waals surface area contributed by atoms with Gasteiger partial charge in [0, 0.05) is 24.3 Å². The first-order valence-corrected chi connectivity index (χ1v) is 6.99. The Balaban J connectivity index is 2.30. The third-order valence-corrected chi connectivity index (χ3v) is 4.08. The van der Waals surface area contributed by atoms with E-state index in [1.165, 1.54) is 19.3 Å². The second-order valence-electron chi connectivity index (χ2n) is 4.06. The van der Waals surface area contributed by atoms with Gasteiger partial charge in [-0.1, -0.05) is 12.8 Å². The zero-order chi connectivity index (χ0) is 11.1. The minimum Gasteiger partial charge on any atom is -0.396 e. The third-order valence-electron chi connectivity index (χ3n) is 2.91. The van der Waals surface area contributed by atoms with E-state index in [-0.39, 0.29) is 12.5 Å². The largest absolute Gasteiger partial charge is 0.396 e. The fourth-order valence-electron chi connectivity index (χ4n) is 2.06. The van der Waals surface area contributed by atoms with Crippen LogP contribution in [0.1, 0.15) is 38.5 Å². The quantitative estimate of drug-likeness (QED) is 0.755. The third kappa shape index (κ3) is 4.43. The average Bonchev–Trinajstić information content (AvgIpc) is 2.27. The fraction of sp³-hybridized carbons (Fsp3) is 0.909. The van der Waals surface area contributed by atoms with Crippen molar-refractivity contribution in [3.63, 3.8) is 0 Å². The number of carbonyl (C=O) groups excluding carboxylic acids is 1. The van der Waals surface area contributed by atoms with Gasteiger partial charge in [-0.2, -0.15) is 11.8 Å². The van der Waals surface area contributed by atoms with Crippen molar-refractivity contribution in [3.05, 3.63) is 0 Å². The van der Waals surface area contributed by atoms with Crippen LogP contribution in [-0.2, 0) is 4.79 Å². The lowest BCUT2D eigenvalue weighted by molar-refractivity contribution is -0.122. The summed E-state index contributed by atoms with van der Waals surface area (Å²) in [5, 5.41) is 12.3. The summed E-state index contributed by atoms with van der Waals surface area (Å²) < 4.78 is 0. The van der Waals surface area contributed by atoms with Gasteiger partial charge in [-0.3, -0.25) is 4.79 Å². The van der Waals surface area contributed by atoms with E-state index in [1.807, 2.05) is 11.8 Å². The first-order valence-electron chi connectivity index (χ1n) is 5.71. The lowest BCUT2D eigenvalue weighted by atomic mass is 9.94. The summed E-state index contributed by atoms with van der Waals surface area (Å²) in [5.74, 6) is 0.0926. The highest BCUT2D eigenvalue weighted by Gasteiger charge is 2.25. The molecular formula is C11H21NO2S. The van der Waals surface area contributed by atoms with Gasteiger partial charge in [0.1, 0.15) is 0 Å². The van der Waals surface area contributed by atoms with Gasteiger partial charge >= 0.3 is 0 Å². The van der Waals surface area contributed by atoms with Gasteiger partial charge in [0.25, 0.3) is 0 Å². The summed E-state index contributed by atoms with van der Waals surface area (Å²) in [6.07, 6.45) is 7.97. The van der Waals surface area contributed by atoms with Gasteiger partial charge in [0.05, 0.1) is 0 Å². The molecule has 1 saturated carbocycles. The maximum absolute atomic E-state index is 11.5. The maximum Gasteiger partial charge on any atom is 0.220 e. The van der Waals surface area contributed by atoms with Crippen LogP contribution in [0.15, 0.2) is 0 Å². The Morgan fingerprint density at radius 1 is 1.47 bits per heavy atom. The predicted molar refractivity (Wildman–Crippen MR) is 64.0 cm³/mol. The minimum atomic E-state index is 0.0926. The van der Waals surface area contributed by atoms with E-state index in [4.69, 9.17) is 5.11 Å². The lowest BCUT2D eigenvalue weighted by Crippen LogP contribution is -2.43. The van der Waals surface area contributed by atoms with Crippen molar-refractivity contribution < 1.29 is 9.90 Å². The first-order chi connectivity index (χ1) is 7.27. The molecule has 1 amide bonds. The Bertz CT molecular complexity index is 199. The molecule has 3 nitrogen and oxygen atoms in total. The van der Waals surface area contributed by atoms with E-state index in [0.717, 1.165) is 6.42 Å². The number of carbonyl (C=O) groups is 1. The second-order valence-corrected chi connectivity index (χ2v) is 5.14. The van der Waals surface area contributed by atoms with Crippen LogP contribution in [-0.4, -0.2) is 35.2 Å². The summed E-state index contributed by atoms with van der Waals surface area (Å²) in [6, 6.07) is 0.347. The van der Waals surface area contributed by atoms with Crippen molar-refractivity contribution >= 4 is 17.7 Å². The Hall–Kier alpha value is -0.220. The summed E-state index contributed by atoms with van der Waals surface area (Å²) in [5.41, 5.74) is 0. The van der Waals surface area contributed by atoms with Gasteiger partial charge in [0.2, 0.25) is 5.91 Å². The summed E-state index contributed by atoms with van der Waals surface area (Å²) in [6.45, 7) is 0.101. The van der Waals surface area contributed by atoms with Crippen molar-refractivity contribution in [1.82, 2.24) is 5.32 Å². The standard InChI is InChI=1S/C11H21NO2S/c1-15-10-6-3-2-5-9(10)12-11(14)7-4-8-13/h9-10,13H,2-8H2,1H3,(H,12,14). The van der Waals surface area contributed by atoms with Crippen LogP contribution >= 0.6 is 11.8 Å². The van der Waals surface area contributed by atoms with E-state index >= 15 is 0 Å². The van der Waals surface area contributed by atoms with E-state index in [2.05, 4.69) is 11.6 Å². The minimum absolute atomic E-state index is 0.0926. The Morgan fingerprint density at radius 3 is 2.87 bits per heavy atom. The van der Waals surface area contributed by atoms with Gasteiger partial charge in [0.15, 0.2) is 0 Å². The van der Waals surface area contributed by atoms with Gasteiger partial charge in [-0.05, 0) is 25.5 Å². The number of aliphatic hydroxyl groups excluding tert-OH is 1. The molecule has 1 fully saturated rings. The smallest absolute Gasteiger partial charge is 0.220 e. The molecule has 0 aliphatic heterocycles. The molecule has 0 aromatic carbocycles. The normalized spacial score (nSPS) is 26.3. The maximum atomic E-state index is 11.5. The monoisotopic (exact) mass is 231 g/mol. The Kier molecular flexibility index (Phi) is 6.10. The van der Waals surface area contributed by atoms with Crippen LogP contribution in [0, 0.1) is 0 Å². The highest BCUT2D eigenvalue weighted by molar-refractivity contribution is 7.99. The Morgan fingerprint density at radius 2 is 2.20 bits per heavy atom. The summed E-state index contributed by atoms with van der Waals surface area (Å²) in [4.78, 5) is 11.5.